The van der Waals surface area contributed by atoms with Crippen LogP contribution in [0.15, 0.2) is 24.3 Å². The first-order valence-electron chi connectivity index (χ1n) is 5.25. The van der Waals surface area contributed by atoms with Gasteiger partial charge in [0, 0.05) is 12.6 Å². The molecule has 84 valence electrons. The summed E-state index contributed by atoms with van der Waals surface area (Å²) in [6, 6.07) is 8.34. The molecule has 0 aliphatic carbocycles. The van der Waals surface area contributed by atoms with Gasteiger partial charge in [0.15, 0.2) is 0 Å². The zero-order valence-electron chi connectivity index (χ0n) is 8.81. The lowest BCUT2D eigenvalue weighted by Gasteiger charge is -2.21. The maximum Gasteiger partial charge on any atom is 0.123 e. The van der Waals surface area contributed by atoms with E-state index < -0.39 is 6.10 Å². The summed E-state index contributed by atoms with van der Waals surface area (Å²) < 4.78 is 12.8. The van der Waals surface area contributed by atoms with Crippen molar-refractivity contribution in [1.82, 2.24) is 4.90 Å². The lowest BCUT2D eigenvalue weighted by atomic mass is 10.0. The Morgan fingerprint density at radius 1 is 1.44 bits per heavy atom. The Balaban J connectivity index is 2.19. The Morgan fingerprint density at radius 2 is 2.12 bits per heavy atom. The van der Waals surface area contributed by atoms with Gasteiger partial charge < -0.3 is 5.11 Å². The topological polar surface area (TPSA) is 47.3 Å². The lowest BCUT2D eigenvalue weighted by molar-refractivity contribution is 0.179. The van der Waals surface area contributed by atoms with E-state index in [1.807, 2.05) is 4.90 Å². The van der Waals surface area contributed by atoms with Crippen LogP contribution in [0.1, 0.15) is 18.0 Å². The van der Waals surface area contributed by atoms with Crippen LogP contribution >= 0.6 is 0 Å². The van der Waals surface area contributed by atoms with E-state index in [0.717, 1.165) is 5.56 Å². The van der Waals surface area contributed by atoms with Crippen LogP contribution in [0.3, 0.4) is 0 Å². The van der Waals surface area contributed by atoms with Gasteiger partial charge in [0.05, 0.1) is 18.7 Å². The number of benzene rings is 1. The van der Waals surface area contributed by atoms with Gasteiger partial charge in [0.1, 0.15) is 5.82 Å². The van der Waals surface area contributed by atoms with E-state index in [4.69, 9.17) is 5.26 Å². The van der Waals surface area contributed by atoms with E-state index in [-0.39, 0.29) is 11.9 Å². The van der Waals surface area contributed by atoms with Crippen LogP contribution < -0.4 is 0 Å². The number of nitriles is 1. The van der Waals surface area contributed by atoms with Crippen LogP contribution in [0.5, 0.6) is 0 Å². The SMILES string of the molecule is N#CCN1C[C@H](O)C[C@@H]1c1ccc(F)cc1. The van der Waals surface area contributed by atoms with Gasteiger partial charge in [-0.25, -0.2) is 4.39 Å². The summed E-state index contributed by atoms with van der Waals surface area (Å²) in [7, 11) is 0. The summed E-state index contributed by atoms with van der Waals surface area (Å²) in [6.07, 6.45) is 0.205. The summed E-state index contributed by atoms with van der Waals surface area (Å²) in [5.74, 6) is -0.269. The van der Waals surface area contributed by atoms with Gasteiger partial charge in [-0.3, -0.25) is 4.90 Å². The molecule has 2 atom stereocenters. The number of rotatable bonds is 2. The summed E-state index contributed by atoms with van der Waals surface area (Å²) >= 11 is 0. The molecule has 1 aliphatic heterocycles. The third kappa shape index (κ3) is 2.21. The Labute approximate surface area is 93.7 Å². The highest BCUT2D eigenvalue weighted by molar-refractivity contribution is 5.21. The predicted octanol–water partition coefficient (Wildman–Crippen LogP) is 1.46. The molecule has 4 heteroatoms. The quantitative estimate of drug-likeness (QED) is 0.767. The van der Waals surface area contributed by atoms with E-state index in [9.17, 15) is 9.50 Å². The molecule has 3 nitrogen and oxygen atoms in total. The number of nitrogens with zero attached hydrogens (tertiary/aromatic N) is 2. The van der Waals surface area contributed by atoms with Crippen molar-refractivity contribution in [1.29, 1.82) is 5.26 Å². The van der Waals surface area contributed by atoms with Crippen molar-refractivity contribution < 1.29 is 9.50 Å². The van der Waals surface area contributed by atoms with Crippen LogP contribution in [0.25, 0.3) is 0 Å². The average Bonchev–Trinajstić information content (AvgIpc) is 2.61. The monoisotopic (exact) mass is 220 g/mol. The number of aliphatic hydroxyl groups is 1. The molecule has 0 spiro atoms. The average molecular weight is 220 g/mol. The van der Waals surface area contributed by atoms with Crippen molar-refractivity contribution in [3.8, 4) is 6.07 Å². The first-order valence-corrected chi connectivity index (χ1v) is 5.25. The van der Waals surface area contributed by atoms with Crippen molar-refractivity contribution in [2.24, 2.45) is 0 Å². The van der Waals surface area contributed by atoms with Gasteiger partial charge in [0.25, 0.3) is 0 Å². The van der Waals surface area contributed by atoms with Crippen molar-refractivity contribution in [3.63, 3.8) is 0 Å². The fourth-order valence-electron chi connectivity index (χ4n) is 2.18. The Bertz CT molecular complexity index is 398. The van der Waals surface area contributed by atoms with E-state index in [2.05, 4.69) is 6.07 Å². The molecule has 1 heterocycles. The summed E-state index contributed by atoms with van der Waals surface area (Å²) in [5.41, 5.74) is 0.952. The maximum atomic E-state index is 12.8. The van der Waals surface area contributed by atoms with Crippen molar-refractivity contribution in [2.45, 2.75) is 18.6 Å². The molecule has 1 aliphatic rings. The zero-order chi connectivity index (χ0) is 11.5. The lowest BCUT2D eigenvalue weighted by Crippen LogP contribution is -2.25. The van der Waals surface area contributed by atoms with Crippen LogP contribution in [-0.2, 0) is 0 Å². The molecule has 0 aromatic heterocycles. The molecule has 0 unspecified atom stereocenters. The molecule has 0 bridgehead atoms. The van der Waals surface area contributed by atoms with Gasteiger partial charge in [-0.05, 0) is 24.1 Å². The van der Waals surface area contributed by atoms with Crippen molar-refractivity contribution >= 4 is 0 Å². The second-order valence-corrected chi connectivity index (χ2v) is 4.04. The molecular weight excluding hydrogens is 207 g/mol. The van der Waals surface area contributed by atoms with Gasteiger partial charge in [-0.1, -0.05) is 12.1 Å². The van der Waals surface area contributed by atoms with E-state index in [1.54, 1.807) is 12.1 Å². The highest BCUT2D eigenvalue weighted by atomic mass is 19.1. The van der Waals surface area contributed by atoms with Crippen molar-refractivity contribution in [2.75, 3.05) is 13.1 Å². The first-order chi connectivity index (χ1) is 7.70. The summed E-state index contributed by atoms with van der Waals surface area (Å²) in [5, 5.41) is 18.3. The third-order valence-corrected chi connectivity index (χ3v) is 2.91. The normalized spacial score (nSPS) is 25.6. The molecule has 0 radical (unpaired) electrons. The highest BCUT2D eigenvalue weighted by Gasteiger charge is 2.31. The predicted molar refractivity (Wildman–Crippen MR) is 57.0 cm³/mol. The fourth-order valence-corrected chi connectivity index (χ4v) is 2.18. The van der Waals surface area contributed by atoms with Crippen molar-refractivity contribution in [3.05, 3.63) is 35.6 Å². The highest BCUT2D eigenvalue weighted by Crippen LogP contribution is 2.31. The van der Waals surface area contributed by atoms with Gasteiger partial charge >= 0.3 is 0 Å². The number of aliphatic hydroxyl groups excluding tert-OH is 1. The number of β-amino-alcohol motifs (C(OH)–C–C–N with tert-alkyl or cyclic N) is 1. The second kappa shape index (κ2) is 4.60. The number of likely N-dealkylation sites (tertiary alicyclic amines) is 1. The molecule has 2 rings (SSSR count). The molecule has 1 fully saturated rings. The van der Waals surface area contributed by atoms with E-state index >= 15 is 0 Å². The second-order valence-electron chi connectivity index (χ2n) is 4.04. The van der Waals surface area contributed by atoms with E-state index in [1.165, 1.54) is 12.1 Å². The summed E-state index contributed by atoms with van der Waals surface area (Å²) in [4.78, 5) is 1.91. The molecule has 1 N–H and O–H groups in total. The molecule has 1 saturated heterocycles. The van der Waals surface area contributed by atoms with Crippen LogP contribution in [0, 0.1) is 17.1 Å². The smallest absolute Gasteiger partial charge is 0.123 e. The summed E-state index contributed by atoms with van der Waals surface area (Å²) in [6.45, 7) is 0.800. The Hall–Kier alpha value is -1.44. The number of halogens is 1. The van der Waals surface area contributed by atoms with Gasteiger partial charge in [-0.15, -0.1) is 0 Å². The molecule has 16 heavy (non-hydrogen) atoms. The first kappa shape index (κ1) is 11.1. The van der Waals surface area contributed by atoms with Gasteiger partial charge in [0.2, 0.25) is 0 Å². The number of hydrogen-bond acceptors (Lipinski definition) is 3. The number of hydrogen-bond donors (Lipinski definition) is 1. The fraction of sp³-hybridized carbons (Fsp3) is 0.417. The minimum absolute atomic E-state index is 0.0234. The molecule has 1 aromatic rings. The minimum Gasteiger partial charge on any atom is -0.392 e. The largest absolute Gasteiger partial charge is 0.392 e. The minimum atomic E-state index is -0.400. The molecule has 0 saturated carbocycles. The zero-order valence-corrected chi connectivity index (χ0v) is 8.81. The van der Waals surface area contributed by atoms with E-state index in [0.29, 0.717) is 19.5 Å². The standard InChI is InChI=1S/C12H13FN2O/c13-10-3-1-9(2-4-10)12-7-11(16)8-15(12)6-5-14/h1-4,11-12,16H,6-8H2/t11-,12-/m1/s1. The van der Waals surface area contributed by atoms with Crippen LogP contribution in [0.2, 0.25) is 0 Å². The van der Waals surface area contributed by atoms with Crippen LogP contribution in [0.4, 0.5) is 4.39 Å². The maximum absolute atomic E-state index is 12.8. The van der Waals surface area contributed by atoms with Crippen LogP contribution in [-0.4, -0.2) is 29.2 Å². The Kier molecular flexibility index (Phi) is 3.18. The van der Waals surface area contributed by atoms with Gasteiger partial charge in [-0.2, -0.15) is 5.26 Å². The molecule has 1 aromatic carbocycles. The third-order valence-electron chi connectivity index (χ3n) is 2.91. The Morgan fingerprint density at radius 3 is 2.75 bits per heavy atom. The molecular formula is C12H13FN2O. The molecule has 0 amide bonds.